The number of aliphatic hydroxyl groups is 2. The number of methoxy groups -OCH3 is 1. The fourth-order valence-electron chi connectivity index (χ4n) is 8.18. The summed E-state index contributed by atoms with van der Waals surface area (Å²) >= 11 is 2.95. The molecule has 1 unspecified atom stereocenters. The van der Waals surface area contributed by atoms with Crippen LogP contribution in [0.2, 0.25) is 0 Å². The van der Waals surface area contributed by atoms with Gasteiger partial charge in [-0.25, -0.2) is 4.79 Å². The molecule has 0 aromatic rings. The van der Waals surface area contributed by atoms with E-state index < -0.39 is 78.4 Å². The minimum Gasteiger partial charge on any atom is -0.467 e. The van der Waals surface area contributed by atoms with E-state index in [9.17, 15) is 39.0 Å². The van der Waals surface area contributed by atoms with E-state index in [1.165, 1.54) is 118 Å². The molecule has 5 amide bonds. The van der Waals surface area contributed by atoms with Gasteiger partial charge in [-0.2, -0.15) is 23.5 Å². The second-order valence-corrected chi connectivity index (χ2v) is 21.9. The maximum Gasteiger partial charge on any atom is 0.329 e. The molecule has 0 saturated carbocycles. The number of amides is 5. The summed E-state index contributed by atoms with van der Waals surface area (Å²) in [6.07, 6.45) is 30.8. The van der Waals surface area contributed by atoms with E-state index in [2.05, 4.69) is 79.4 Å². The summed E-state index contributed by atoms with van der Waals surface area (Å²) in [6.45, 7) is 11.5. The minimum atomic E-state index is -1.47. The Hall–Kier alpha value is -3.38. The van der Waals surface area contributed by atoms with Gasteiger partial charge in [0.05, 0.1) is 19.8 Å². The van der Waals surface area contributed by atoms with Crippen LogP contribution in [0.1, 0.15) is 202 Å². The SMILES string of the molecule is CCCCCCCCCCCCCCCCC(O)CC[C@H](NC(=O)[C@H](CO)NC(=O)[C@H](CCSC)NC(C)=O)C(=O)N[C@@H](CCCCN)C(=O)N[C@@H](CSC/C=C(\C)CC/C=C(\C)CCC=C(C)C)C(=O)OC. The number of carbonyl (C=O) groups is 6. The van der Waals surface area contributed by atoms with E-state index >= 15 is 0 Å². The van der Waals surface area contributed by atoms with E-state index in [0.29, 0.717) is 37.3 Å². The van der Waals surface area contributed by atoms with Gasteiger partial charge in [0.1, 0.15) is 30.2 Å². The first kappa shape index (κ1) is 69.6. The van der Waals surface area contributed by atoms with Crippen molar-refractivity contribution in [1.29, 1.82) is 0 Å². The zero-order chi connectivity index (χ0) is 54.7. The van der Waals surface area contributed by atoms with Crippen molar-refractivity contribution in [2.75, 3.05) is 43.8 Å². The van der Waals surface area contributed by atoms with E-state index in [0.717, 1.165) is 51.4 Å². The number of allylic oxidation sites excluding steroid dienone is 5. The Morgan fingerprint density at radius 1 is 0.562 bits per heavy atom. The second kappa shape index (κ2) is 46.0. The lowest BCUT2D eigenvalue weighted by molar-refractivity contribution is -0.144. The van der Waals surface area contributed by atoms with Gasteiger partial charge >= 0.3 is 5.97 Å². The summed E-state index contributed by atoms with van der Waals surface area (Å²) in [5.41, 5.74) is 9.70. The van der Waals surface area contributed by atoms with Gasteiger partial charge in [-0.3, -0.25) is 24.0 Å². The lowest BCUT2D eigenvalue weighted by Crippen LogP contribution is -2.59. The number of nitrogens with one attached hydrogen (secondary N) is 5. The van der Waals surface area contributed by atoms with E-state index in [1.54, 1.807) is 0 Å². The average molecular weight is 1070 g/mol. The number of thioether (sulfide) groups is 2. The van der Waals surface area contributed by atoms with Crippen LogP contribution >= 0.6 is 23.5 Å². The van der Waals surface area contributed by atoms with Crippen LogP contribution in [0.15, 0.2) is 34.9 Å². The van der Waals surface area contributed by atoms with Gasteiger partial charge in [0, 0.05) is 18.4 Å². The number of carbonyl (C=O) groups excluding carboxylic acids is 6. The van der Waals surface area contributed by atoms with Crippen molar-refractivity contribution in [1.82, 2.24) is 26.6 Å². The summed E-state index contributed by atoms with van der Waals surface area (Å²) in [4.78, 5) is 80.1. The van der Waals surface area contributed by atoms with Crippen molar-refractivity contribution in [2.24, 2.45) is 5.73 Å². The van der Waals surface area contributed by atoms with Crippen LogP contribution in [-0.4, -0.2) is 126 Å². The molecule has 73 heavy (non-hydrogen) atoms. The molecule has 0 aromatic heterocycles. The first-order valence-corrected chi connectivity index (χ1v) is 30.1. The molecule has 0 aliphatic carbocycles. The zero-order valence-corrected chi connectivity index (χ0v) is 48.2. The molecule has 0 rings (SSSR count). The van der Waals surface area contributed by atoms with Crippen molar-refractivity contribution in [2.45, 2.75) is 238 Å². The van der Waals surface area contributed by atoms with Gasteiger partial charge in [-0.1, -0.05) is 132 Å². The summed E-state index contributed by atoms with van der Waals surface area (Å²) in [6, 6.07) is -5.84. The Balaban J connectivity index is 5.95. The highest BCUT2D eigenvalue weighted by atomic mass is 32.2. The molecule has 0 aliphatic heterocycles. The topological polar surface area (TPSA) is 238 Å². The molecular formula is C56H102N6O9S2. The fraction of sp³-hybridized carbons (Fsp3) is 0.786. The van der Waals surface area contributed by atoms with Crippen LogP contribution < -0.4 is 32.3 Å². The van der Waals surface area contributed by atoms with Gasteiger partial charge < -0.3 is 47.3 Å². The second-order valence-electron chi connectivity index (χ2n) is 19.9. The summed E-state index contributed by atoms with van der Waals surface area (Å²) in [7, 11) is 1.25. The number of hydrogen-bond acceptors (Lipinski definition) is 12. The molecule has 15 nitrogen and oxygen atoms in total. The largest absolute Gasteiger partial charge is 0.467 e. The van der Waals surface area contributed by atoms with Crippen molar-refractivity contribution in [3.8, 4) is 0 Å². The van der Waals surface area contributed by atoms with Gasteiger partial charge in [0.15, 0.2) is 0 Å². The first-order valence-electron chi connectivity index (χ1n) is 27.6. The van der Waals surface area contributed by atoms with Crippen molar-refractivity contribution >= 4 is 59.0 Å². The molecule has 6 atom stereocenters. The first-order chi connectivity index (χ1) is 35.0. The third kappa shape index (κ3) is 37.9. The van der Waals surface area contributed by atoms with Gasteiger partial charge in [0.2, 0.25) is 29.5 Å². The maximum absolute atomic E-state index is 14.2. The average Bonchev–Trinajstić information content (AvgIpc) is 3.35. The molecule has 0 fully saturated rings. The van der Waals surface area contributed by atoms with Crippen LogP contribution in [0.25, 0.3) is 0 Å². The smallest absolute Gasteiger partial charge is 0.329 e. The number of nitrogens with two attached hydrogens (primary N) is 1. The number of esters is 1. The Bertz CT molecular complexity index is 1630. The molecule has 0 aromatic carbocycles. The molecule has 0 bridgehead atoms. The normalized spacial score (nSPS) is 14.2. The number of hydrogen-bond donors (Lipinski definition) is 8. The molecule has 0 aliphatic rings. The lowest BCUT2D eigenvalue weighted by atomic mass is 10.00. The lowest BCUT2D eigenvalue weighted by Gasteiger charge is -2.27. The molecule has 0 radical (unpaired) electrons. The highest BCUT2D eigenvalue weighted by Gasteiger charge is 2.32. The Kier molecular flexibility index (Phi) is 43.8. The van der Waals surface area contributed by atoms with Gasteiger partial charge in [-0.05, 0) is 117 Å². The summed E-state index contributed by atoms with van der Waals surface area (Å²) in [5.74, 6) is -2.55. The van der Waals surface area contributed by atoms with Crippen LogP contribution in [0.3, 0.4) is 0 Å². The molecule has 0 heterocycles. The molecule has 422 valence electrons. The summed E-state index contributed by atoms with van der Waals surface area (Å²) < 4.78 is 5.06. The highest BCUT2D eigenvalue weighted by molar-refractivity contribution is 7.99. The van der Waals surface area contributed by atoms with E-state index in [1.807, 2.05) is 6.26 Å². The molecular weight excluding hydrogens is 965 g/mol. The van der Waals surface area contributed by atoms with E-state index in [-0.39, 0.29) is 31.4 Å². The van der Waals surface area contributed by atoms with Gasteiger partial charge in [-0.15, -0.1) is 0 Å². The fourth-order valence-corrected chi connectivity index (χ4v) is 9.64. The summed E-state index contributed by atoms with van der Waals surface area (Å²) in [5, 5.41) is 34.7. The molecule has 17 heteroatoms. The predicted octanol–water partition coefficient (Wildman–Crippen LogP) is 8.64. The maximum atomic E-state index is 14.2. The van der Waals surface area contributed by atoms with Gasteiger partial charge in [0.25, 0.3) is 0 Å². The highest BCUT2D eigenvalue weighted by Crippen LogP contribution is 2.17. The molecule has 9 N–H and O–H groups in total. The zero-order valence-electron chi connectivity index (χ0n) is 46.6. The van der Waals surface area contributed by atoms with Crippen molar-refractivity contribution in [3.05, 3.63) is 34.9 Å². The Morgan fingerprint density at radius 3 is 1.53 bits per heavy atom. The number of aliphatic hydroxyl groups excluding tert-OH is 2. The number of ether oxygens (including phenoxy) is 1. The van der Waals surface area contributed by atoms with Crippen molar-refractivity contribution in [3.63, 3.8) is 0 Å². The Morgan fingerprint density at radius 2 is 1.03 bits per heavy atom. The van der Waals surface area contributed by atoms with E-state index in [4.69, 9.17) is 10.5 Å². The Labute approximate surface area is 450 Å². The van der Waals surface area contributed by atoms with Crippen LogP contribution in [0.5, 0.6) is 0 Å². The predicted molar refractivity (Wildman–Crippen MR) is 303 cm³/mol. The number of rotatable bonds is 46. The molecule has 0 saturated heterocycles. The van der Waals surface area contributed by atoms with Crippen LogP contribution in [0, 0.1) is 0 Å². The number of unbranched alkanes of at least 4 members (excludes halogenated alkanes) is 14. The molecule has 0 spiro atoms. The minimum absolute atomic E-state index is 0.0106. The van der Waals surface area contributed by atoms with Crippen molar-refractivity contribution < 1.29 is 43.7 Å². The third-order valence-electron chi connectivity index (χ3n) is 12.8. The third-order valence-corrected chi connectivity index (χ3v) is 14.4. The monoisotopic (exact) mass is 1070 g/mol. The standard InChI is InChI=1S/C56H102N6O9S2/c1-9-10-11-12-13-14-15-16-17-18-19-20-21-22-31-46(65)33-34-48(60-55(69)50(40-63)61-54(68)49(36-38-72-8)58-45(6)64)53(67)59-47(32-23-24-37-57)52(66)62-51(56(70)71-7)41-73-39-35-44(5)30-26-29-43(4)28-25-27-42(2)3/h27,29,35,46-51,63,65H,9-26,28,30-34,36-41,57H2,1-8H3,(H,58,64)(H,59,67)(H,60,69)(H,61,68)(H,62,66)/b43-29+,44-35+/t46?,47-,48-,49-,50-,51-/m0/s1. The van der Waals surface area contributed by atoms with Crippen LogP contribution in [-0.2, 0) is 33.5 Å². The van der Waals surface area contributed by atoms with Crippen LogP contribution in [0.4, 0.5) is 0 Å². The quantitative estimate of drug-likeness (QED) is 0.0162.